The summed E-state index contributed by atoms with van der Waals surface area (Å²) in [7, 11) is -1.47. The van der Waals surface area contributed by atoms with Gasteiger partial charge in [0.05, 0.1) is 18.6 Å². The molecule has 0 aliphatic carbocycles. The standard InChI is InChI=1S/C16H22N2O6S/c1-11(19)12-6-8-13(9-7-12)25(22,23)18(4)10-14(20)17-16(2,3)15(21)24-5/h6-9H,10H2,1-5H3,(H,17,20). The van der Waals surface area contributed by atoms with Crippen molar-refractivity contribution in [1.82, 2.24) is 9.62 Å². The Hall–Kier alpha value is -2.26. The Kier molecular flexibility index (Phi) is 6.44. The predicted octanol–water partition coefficient (Wildman–Crippen LogP) is 0.578. The molecule has 0 spiro atoms. The summed E-state index contributed by atoms with van der Waals surface area (Å²) in [6, 6.07) is 5.42. The number of benzene rings is 1. The molecule has 1 N–H and O–H groups in total. The molecule has 0 atom stereocenters. The van der Waals surface area contributed by atoms with Crippen LogP contribution in [0.15, 0.2) is 29.2 Å². The van der Waals surface area contributed by atoms with Crippen molar-refractivity contribution in [3.8, 4) is 0 Å². The molecule has 8 nitrogen and oxygen atoms in total. The van der Waals surface area contributed by atoms with Crippen LogP contribution in [0.3, 0.4) is 0 Å². The molecular weight excluding hydrogens is 348 g/mol. The van der Waals surface area contributed by atoms with Gasteiger partial charge in [0.15, 0.2) is 5.78 Å². The minimum atomic E-state index is -3.91. The summed E-state index contributed by atoms with van der Waals surface area (Å²) >= 11 is 0. The van der Waals surface area contributed by atoms with Crippen molar-refractivity contribution in [2.24, 2.45) is 0 Å². The zero-order valence-electron chi connectivity index (χ0n) is 14.8. The molecule has 25 heavy (non-hydrogen) atoms. The van der Waals surface area contributed by atoms with E-state index < -0.39 is 34.0 Å². The maximum absolute atomic E-state index is 12.5. The molecule has 0 saturated carbocycles. The van der Waals surface area contributed by atoms with Gasteiger partial charge in [0.25, 0.3) is 0 Å². The third kappa shape index (κ3) is 5.10. The summed E-state index contributed by atoms with van der Waals surface area (Å²) in [4.78, 5) is 34.8. The van der Waals surface area contributed by atoms with Gasteiger partial charge in [0.1, 0.15) is 5.54 Å². The molecule has 0 bridgehead atoms. The van der Waals surface area contributed by atoms with Gasteiger partial charge in [0.2, 0.25) is 15.9 Å². The number of nitrogens with zero attached hydrogens (tertiary/aromatic N) is 1. The third-order valence-electron chi connectivity index (χ3n) is 3.48. The number of Topliss-reactive ketones (excluding diaryl/α,β-unsaturated/α-hetero) is 1. The van der Waals surface area contributed by atoms with E-state index in [1.807, 2.05) is 0 Å². The highest BCUT2D eigenvalue weighted by molar-refractivity contribution is 7.89. The normalized spacial score (nSPS) is 11.9. The Labute approximate surface area is 147 Å². The first kappa shape index (κ1) is 20.8. The molecule has 0 fully saturated rings. The lowest BCUT2D eigenvalue weighted by Crippen LogP contribution is -2.53. The van der Waals surface area contributed by atoms with Crippen molar-refractivity contribution in [2.45, 2.75) is 31.2 Å². The number of carbonyl (C=O) groups excluding carboxylic acids is 3. The lowest BCUT2D eigenvalue weighted by atomic mass is 10.1. The number of carbonyl (C=O) groups is 3. The number of ketones is 1. The highest BCUT2D eigenvalue weighted by Gasteiger charge is 2.32. The minimum Gasteiger partial charge on any atom is -0.467 e. The van der Waals surface area contributed by atoms with E-state index in [4.69, 9.17) is 0 Å². The molecule has 0 aliphatic rings. The van der Waals surface area contributed by atoms with Crippen LogP contribution in [0.4, 0.5) is 0 Å². The average molecular weight is 370 g/mol. The molecule has 1 aromatic rings. The predicted molar refractivity (Wildman–Crippen MR) is 90.5 cm³/mol. The number of sulfonamides is 1. The number of nitrogens with one attached hydrogen (secondary N) is 1. The molecule has 1 aromatic carbocycles. The van der Waals surface area contributed by atoms with Gasteiger partial charge >= 0.3 is 5.97 Å². The molecule has 0 aromatic heterocycles. The molecule has 0 saturated heterocycles. The van der Waals surface area contributed by atoms with Crippen LogP contribution in [0.1, 0.15) is 31.1 Å². The zero-order valence-corrected chi connectivity index (χ0v) is 15.6. The first-order valence-corrected chi connectivity index (χ1v) is 8.82. The van der Waals surface area contributed by atoms with Crippen molar-refractivity contribution in [3.05, 3.63) is 29.8 Å². The van der Waals surface area contributed by atoms with Crippen molar-refractivity contribution in [3.63, 3.8) is 0 Å². The summed E-state index contributed by atoms with van der Waals surface area (Å²) < 4.78 is 30.4. The van der Waals surface area contributed by atoms with Gasteiger partial charge in [-0.25, -0.2) is 13.2 Å². The van der Waals surface area contributed by atoms with Crippen molar-refractivity contribution in [2.75, 3.05) is 20.7 Å². The quantitative estimate of drug-likeness (QED) is 0.555. The number of ether oxygens (including phenoxy) is 1. The largest absolute Gasteiger partial charge is 0.467 e. The van der Waals surface area contributed by atoms with E-state index in [0.717, 1.165) is 4.31 Å². The van der Waals surface area contributed by atoms with E-state index in [-0.39, 0.29) is 10.7 Å². The number of hydrogen-bond donors (Lipinski definition) is 1. The molecule has 0 aliphatic heterocycles. The first-order valence-electron chi connectivity index (χ1n) is 7.38. The van der Waals surface area contributed by atoms with Crippen molar-refractivity contribution >= 4 is 27.7 Å². The van der Waals surface area contributed by atoms with Crippen LogP contribution < -0.4 is 5.32 Å². The number of likely N-dealkylation sites (N-methyl/N-ethyl adjacent to an activating group) is 1. The zero-order chi connectivity index (χ0) is 19.4. The highest BCUT2D eigenvalue weighted by Crippen LogP contribution is 2.15. The van der Waals surface area contributed by atoms with Crippen LogP contribution in [-0.2, 0) is 24.3 Å². The van der Waals surface area contributed by atoms with Crippen LogP contribution in [-0.4, -0.2) is 56.6 Å². The Morgan fingerprint density at radius 2 is 1.68 bits per heavy atom. The Morgan fingerprint density at radius 3 is 2.12 bits per heavy atom. The Bertz CT molecular complexity index is 768. The second kappa shape index (κ2) is 7.75. The summed E-state index contributed by atoms with van der Waals surface area (Å²) in [6.07, 6.45) is 0. The van der Waals surface area contributed by atoms with Crippen molar-refractivity contribution < 1.29 is 27.5 Å². The molecule has 9 heteroatoms. The summed E-state index contributed by atoms with van der Waals surface area (Å²) in [5.74, 6) is -1.48. The maximum atomic E-state index is 12.5. The first-order chi connectivity index (χ1) is 11.4. The lowest BCUT2D eigenvalue weighted by Gasteiger charge is -2.24. The van der Waals surface area contributed by atoms with E-state index in [2.05, 4.69) is 10.1 Å². The molecule has 1 rings (SSSR count). The van der Waals surface area contributed by atoms with Crippen LogP contribution >= 0.6 is 0 Å². The van der Waals surface area contributed by atoms with Gasteiger partial charge in [-0.05, 0) is 32.9 Å². The summed E-state index contributed by atoms with van der Waals surface area (Å²) in [5, 5.41) is 2.42. The number of methoxy groups -OCH3 is 1. The SMILES string of the molecule is COC(=O)C(C)(C)NC(=O)CN(C)S(=O)(=O)c1ccc(C(C)=O)cc1. The number of amides is 1. The monoisotopic (exact) mass is 370 g/mol. The molecule has 1 amide bonds. The number of hydrogen-bond acceptors (Lipinski definition) is 6. The Balaban J connectivity index is 2.87. The summed E-state index contributed by atoms with van der Waals surface area (Å²) in [5.41, 5.74) is -0.890. The van der Waals surface area contributed by atoms with Crippen LogP contribution in [0.2, 0.25) is 0 Å². The minimum absolute atomic E-state index is 0.0416. The van der Waals surface area contributed by atoms with E-state index in [0.29, 0.717) is 5.56 Å². The smallest absolute Gasteiger partial charge is 0.330 e. The van der Waals surface area contributed by atoms with Gasteiger partial charge in [0, 0.05) is 12.6 Å². The molecule has 138 valence electrons. The van der Waals surface area contributed by atoms with Gasteiger partial charge in [-0.15, -0.1) is 0 Å². The number of esters is 1. The average Bonchev–Trinajstić information content (AvgIpc) is 2.53. The van der Waals surface area contributed by atoms with Gasteiger partial charge in [-0.1, -0.05) is 12.1 Å². The number of rotatable bonds is 7. The highest BCUT2D eigenvalue weighted by atomic mass is 32.2. The van der Waals surface area contributed by atoms with Crippen molar-refractivity contribution in [1.29, 1.82) is 0 Å². The van der Waals surface area contributed by atoms with Crippen LogP contribution in [0.25, 0.3) is 0 Å². The molecular formula is C16H22N2O6S. The van der Waals surface area contributed by atoms with Gasteiger partial charge in [-0.3, -0.25) is 9.59 Å². The third-order valence-corrected chi connectivity index (χ3v) is 5.30. The fourth-order valence-electron chi connectivity index (χ4n) is 2.02. The van der Waals surface area contributed by atoms with E-state index >= 15 is 0 Å². The van der Waals surface area contributed by atoms with Gasteiger partial charge in [-0.2, -0.15) is 4.31 Å². The van der Waals surface area contributed by atoms with E-state index in [1.165, 1.54) is 59.2 Å². The van der Waals surface area contributed by atoms with Crippen LogP contribution in [0, 0.1) is 0 Å². The Morgan fingerprint density at radius 1 is 1.16 bits per heavy atom. The molecule has 0 heterocycles. The van der Waals surface area contributed by atoms with Crippen LogP contribution in [0.5, 0.6) is 0 Å². The second-order valence-corrected chi connectivity index (χ2v) is 8.05. The maximum Gasteiger partial charge on any atom is 0.330 e. The topological polar surface area (TPSA) is 110 Å². The molecule has 0 unspecified atom stereocenters. The fourth-order valence-corrected chi connectivity index (χ4v) is 3.15. The second-order valence-electron chi connectivity index (χ2n) is 6.01. The summed E-state index contributed by atoms with van der Waals surface area (Å²) in [6.45, 7) is 3.80. The van der Waals surface area contributed by atoms with Gasteiger partial charge < -0.3 is 10.1 Å². The fraction of sp³-hybridized carbons (Fsp3) is 0.438. The lowest BCUT2D eigenvalue weighted by molar-refractivity contribution is -0.149. The van der Waals surface area contributed by atoms with E-state index in [1.54, 1.807) is 0 Å². The molecule has 0 radical (unpaired) electrons. The van der Waals surface area contributed by atoms with E-state index in [9.17, 15) is 22.8 Å².